The van der Waals surface area contributed by atoms with E-state index in [9.17, 15) is 0 Å². The zero-order chi connectivity index (χ0) is 17.6. The Morgan fingerprint density at radius 2 is 1.92 bits per heavy atom. The summed E-state index contributed by atoms with van der Waals surface area (Å²) in [4.78, 5) is 11.2. The fourth-order valence-corrected chi connectivity index (χ4v) is 3.51. The monoisotopic (exact) mass is 357 g/mol. The van der Waals surface area contributed by atoms with Crippen molar-refractivity contribution >= 4 is 28.5 Å². The van der Waals surface area contributed by atoms with Crippen LogP contribution in [0.2, 0.25) is 5.02 Å². The second kappa shape index (κ2) is 6.28. The van der Waals surface area contributed by atoms with E-state index >= 15 is 0 Å². The molecule has 1 fully saturated rings. The molecule has 2 aromatic heterocycles. The first kappa shape index (κ1) is 16.3. The van der Waals surface area contributed by atoms with Crippen LogP contribution in [0.5, 0.6) is 0 Å². The molecule has 0 N–H and O–H groups in total. The van der Waals surface area contributed by atoms with Gasteiger partial charge >= 0.3 is 0 Å². The smallest absolute Gasteiger partial charge is 0.168 e. The van der Waals surface area contributed by atoms with Gasteiger partial charge in [0.1, 0.15) is 12.1 Å². The number of morpholine rings is 1. The molecule has 7 heteroatoms. The van der Waals surface area contributed by atoms with Gasteiger partial charge in [0.15, 0.2) is 5.65 Å². The highest BCUT2D eigenvalue weighted by atomic mass is 35.5. The van der Waals surface area contributed by atoms with Crippen LogP contribution < -0.4 is 4.90 Å². The van der Waals surface area contributed by atoms with E-state index in [1.165, 1.54) is 0 Å². The summed E-state index contributed by atoms with van der Waals surface area (Å²) >= 11 is 6.27. The van der Waals surface area contributed by atoms with Crippen molar-refractivity contribution in [2.45, 2.75) is 33.0 Å². The molecule has 4 rings (SSSR count). The Labute approximate surface area is 151 Å². The van der Waals surface area contributed by atoms with Gasteiger partial charge in [-0.3, -0.25) is 0 Å². The van der Waals surface area contributed by atoms with E-state index < -0.39 is 0 Å². The summed E-state index contributed by atoms with van der Waals surface area (Å²) in [5, 5.41) is 6.17. The summed E-state index contributed by atoms with van der Waals surface area (Å²) in [5.74, 6) is 0.899. The maximum Gasteiger partial charge on any atom is 0.168 e. The number of aryl methyl sites for hydroxylation is 1. The van der Waals surface area contributed by atoms with Crippen LogP contribution in [0.1, 0.15) is 19.4 Å². The number of halogens is 1. The minimum atomic E-state index is 0.166. The molecule has 0 aliphatic carbocycles. The van der Waals surface area contributed by atoms with Crippen molar-refractivity contribution in [3.63, 3.8) is 0 Å². The number of benzene rings is 1. The normalized spacial score (nSPS) is 21.0. The number of hydrogen-bond donors (Lipinski definition) is 0. The number of nitrogens with zero attached hydrogens (tertiary/aromatic N) is 5. The van der Waals surface area contributed by atoms with Gasteiger partial charge in [-0.05, 0) is 38.5 Å². The molecule has 1 aliphatic rings. The molecule has 2 atom stereocenters. The lowest BCUT2D eigenvalue weighted by molar-refractivity contribution is -0.00537. The Balaban J connectivity index is 1.79. The third-order valence-corrected chi connectivity index (χ3v) is 4.87. The standard InChI is InChI=1S/C18H20ClN5O/c1-11-4-5-14(6-16(11)19)24-18-15(7-22-24)17(20-10-21-18)23-8-12(2)25-13(3)9-23/h4-7,10,12-13H,8-9H2,1-3H3. The molecule has 3 heterocycles. The molecular weight excluding hydrogens is 338 g/mol. The summed E-state index contributed by atoms with van der Waals surface area (Å²) in [6.07, 6.45) is 3.75. The van der Waals surface area contributed by atoms with Crippen LogP contribution in [0.15, 0.2) is 30.7 Å². The maximum absolute atomic E-state index is 6.27. The Bertz CT molecular complexity index is 915. The highest BCUT2D eigenvalue weighted by Crippen LogP contribution is 2.28. The molecule has 25 heavy (non-hydrogen) atoms. The lowest BCUT2D eigenvalue weighted by Gasteiger charge is -2.36. The number of rotatable bonds is 2. The van der Waals surface area contributed by atoms with Crippen LogP contribution in [0, 0.1) is 6.92 Å². The van der Waals surface area contributed by atoms with E-state index in [1.807, 2.05) is 31.3 Å². The predicted octanol–water partition coefficient (Wildman–Crippen LogP) is 3.39. The van der Waals surface area contributed by atoms with E-state index in [0.717, 1.165) is 41.2 Å². The second-order valence-corrected chi connectivity index (χ2v) is 6.99. The maximum atomic E-state index is 6.27. The van der Waals surface area contributed by atoms with Crippen LogP contribution in [0.4, 0.5) is 5.82 Å². The second-order valence-electron chi connectivity index (χ2n) is 6.59. The number of fused-ring (bicyclic) bond motifs is 1. The third kappa shape index (κ3) is 2.96. The lowest BCUT2D eigenvalue weighted by Crippen LogP contribution is -2.45. The molecule has 1 aromatic carbocycles. The highest BCUT2D eigenvalue weighted by molar-refractivity contribution is 6.31. The molecule has 1 aliphatic heterocycles. The van der Waals surface area contributed by atoms with Gasteiger partial charge in [0.25, 0.3) is 0 Å². The minimum absolute atomic E-state index is 0.166. The van der Waals surface area contributed by atoms with Crippen LogP contribution in [-0.2, 0) is 4.74 Å². The Hall–Kier alpha value is -2.18. The molecule has 0 amide bonds. The van der Waals surface area contributed by atoms with Gasteiger partial charge < -0.3 is 9.64 Å². The number of anilines is 1. The van der Waals surface area contributed by atoms with Crippen LogP contribution in [0.25, 0.3) is 16.7 Å². The zero-order valence-electron chi connectivity index (χ0n) is 14.5. The van der Waals surface area contributed by atoms with Crippen molar-refractivity contribution in [2.75, 3.05) is 18.0 Å². The average Bonchev–Trinajstić information content (AvgIpc) is 3.00. The zero-order valence-corrected chi connectivity index (χ0v) is 15.2. The minimum Gasteiger partial charge on any atom is -0.372 e. The fourth-order valence-electron chi connectivity index (χ4n) is 3.34. The largest absolute Gasteiger partial charge is 0.372 e. The SMILES string of the molecule is Cc1ccc(-n2ncc3c(N4CC(C)OC(C)C4)ncnc32)cc1Cl. The van der Waals surface area contributed by atoms with E-state index in [2.05, 4.69) is 33.8 Å². The summed E-state index contributed by atoms with van der Waals surface area (Å²) in [7, 11) is 0. The summed E-state index contributed by atoms with van der Waals surface area (Å²) in [6.45, 7) is 7.75. The molecule has 0 bridgehead atoms. The molecular formula is C18H20ClN5O. The van der Waals surface area contributed by atoms with Crippen LogP contribution in [0.3, 0.4) is 0 Å². The number of aromatic nitrogens is 4. The molecule has 0 radical (unpaired) electrons. The van der Waals surface area contributed by atoms with Gasteiger partial charge in [-0.2, -0.15) is 5.10 Å². The van der Waals surface area contributed by atoms with Crippen molar-refractivity contribution in [3.8, 4) is 5.69 Å². The first-order valence-corrected chi connectivity index (χ1v) is 8.76. The Morgan fingerprint density at radius 3 is 2.64 bits per heavy atom. The van der Waals surface area contributed by atoms with Gasteiger partial charge in [0.05, 0.1) is 29.5 Å². The third-order valence-electron chi connectivity index (χ3n) is 4.46. The van der Waals surface area contributed by atoms with Crippen LogP contribution in [-0.4, -0.2) is 45.0 Å². The van der Waals surface area contributed by atoms with Gasteiger partial charge in [-0.25, -0.2) is 14.6 Å². The van der Waals surface area contributed by atoms with Crippen molar-refractivity contribution in [1.29, 1.82) is 0 Å². The first-order valence-electron chi connectivity index (χ1n) is 8.38. The quantitative estimate of drug-likeness (QED) is 0.703. The van der Waals surface area contributed by atoms with Crippen molar-refractivity contribution in [3.05, 3.63) is 41.3 Å². The summed E-state index contributed by atoms with van der Waals surface area (Å²) < 4.78 is 7.63. The molecule has 0 spiro atoms. The topological polar surface area (TPSA) is 56.1 Å². The van der Waals surface area contributed by atoms with E-state index in [-0.39, 0.29) is 12.2 Å². The van der Waals surface area contributed by atoms with Gasteiger partial charge in [-0.1, -0.05) is 17.7 Å². The van der Waals surface area contributed by atoms with E-state index in [0.29, 0.717) is 5.02 Å². The lowest BCUT2D eigenvalue weighted by atomic mass is 10.2. The fraction of sp³-hybridized carbons (Fsp3) is 0.389. The summed E-state index contributed by atoms with van der Waals surface area (Å²) in [6, 6.07) is 5.89. The van der Waals surface area contributed by atoms with Gasteiger partial charge in [-0.15, -0.1) is 0 Å². The Kier molecular flexibility index (Phi) is 4.09. The molecule has 3 aromatic rings. The Morgan fingerprint density at radius 1 is 1.16 bits per heavy atom. The van der Waals surface area contributed by atoms with Gasteiger partial charge in [0.2, 0.25) is 0 Å². The number of ether oxygens (including phenoxy) is 1. The molecule has 2 unspecified atom stereocenters. The number of hydrogen-bond acceptors (Lipinski definition) is 5. The summed E-state index contributed by atoms with van der Waals surface area (Å²) in [5.41, 5.74) is 2.70. The molecule has 1 saturated heterocycles. The van der Waals surface area contributed by atoms with Crippen molar-refractivity contribution in [2.24, 2.45) is 0 Å². The van der Waals surface area contributed by atoms with E-state index in [1.54, 1.807) is 11.0 Å². The van der Waals surface area contributed by atoms with Gasteiger partial charge in [0, 0.05) is 18.1 Å². The molecule has 0 saturated carbocycles. The van der Waals surface area contributed by atoms with E-state index in [4.69, 9.17) is 16.3 Å². The highest BCUT2D eigenvalue weighted by Gasteiger charge is 2.25. The van der Waals surface area contributed by atoms with Crippen molar-refractivity contribution in [1.82, 2.24) is 19.7 Å². The molecule has 130 valence electrons. The van der Waals surface area contributed by atoms with Crippen molar-refractivity contribution < 1.29 is 4.74 Å². The average molecular weight is 358 g/mol. The molecule has 6 nitrogen and oxygen atoms in total. The first-order chi connectivity index (χ1) is 12.0. The predicted molar refractivity (Wildman–Crippen MR) is 98.6 cm³/mol. The van der Waals surface area contributed by atoms with Crippen LogP contribution >= 0.6 is 11.6 Å².